The number of hydrogen-bond donors (Lipinski definition) is 0. The van der Waals surface area contributed by atoms with Gasteiger partial charge in [0.1, 0.15) is 24.1 Å². The molecular weight excluding hydrogens is 660 g/mol. The van der Waals surface area contributed by atoms with Crippen molar-refractivity contribution in [1.82, 2.24) is 4.57 Å². The van der Waals surface area contributed by atoms with E-state index in [1.165, 1.54) is 30.1 Å². The first-order chi connectivity index (χ1) is 21.8. The van der Waals surface area contributed by atoms with Crippen molar-refractivity contribution in [3.63, 3.8) is 0 Å². The average Bonchev–Trinajstić information content (AvgIpc) is 3.37. The molecule has 0 saturated heterocycles. The minimum Gasteiger partial charge on any atom is -0.497 e. The number of carbonyl (C=O) groups is 1. The zero-order chi connectivity index (χ0) is 32.1. The van der Waals surface area contributed by atoms with E-state index in [4.69, 9.17) is 35.1 Å². The summed E-state index contributed by atoms with van der Waals surface area (Å²) in [5.41, 5.74) is 2.21. The molecule has 0 radical (unpaired) electrons. The SMILES string of the molecule is C#CCOc1c(Br)cc(/C=c2\sc3n(c2=O)[C@H](c2ccc(OC)cc2OC)C(C(=O)OCC)=C(c2ccccc2)N=3)cc1OC. The number of hydrogen-bond acceptors (Lipinski definition) is 9. The Morgan fingerprint density at radius 1 is 1.07 bits per heavy atom. The number of benzene rings is 3. The van der Waals surface area contributed by atoms with Crippen LogP contribution >= 0.6 is 27.3 Å². The molecular formula is C34H29BrN2O7S. The fourth-order valence-corrected chi connectivity index (χ4v) is 6.58. The predicted octanol–water partition coefficient (Wildman–Crippen LogP) is 4.74. The molecule has 0 fully saturated rings. The Kier molecular flexibility index (Phi) is 9.76. The zero-order valence-electron chi connectivity index (χ0n) is 25.0. The Morgan fingerprint density at radius 3 is 2.49 bits per heavy atom. The molecule has 0 bridgehead atoms. The van der Waals surface area contributed by atoms with Crippen molar-refractivity contribution in [2.45, 2.75) is 13.0 Å². The molecule has 0 aliphatic carbocycles. The van der Waals surface area contributed by atoms with Gasteiger partial charge >= 0.3 is 5.97 Å². The molecule has 45 heavy (non-hydrogen) atoms. The van der Waals surface area contributed by atoms with Crippen LogP contribution in [0, 0.1) is 12.3 Å². The van der Waals surface area contributed by atoms with E-state index >= 15 is 0 Å². The van der Waals surface area contributed by atoms with Gasteiger partial charge in [-0.3, -0.25) is 9.36 Å². The van der Waals surface area contributed by atoms with Crippen LogP contribution in [0.15, 0.2) is 80.5 Å². The summed E-state index contributed by atoms with van der Waals surface area (Å²) in [5, 5.41) is 0. The first kappa shape index (κ1) is 31.6. The Balaban J connectivity index is 1.81. The van der Waals surface area contributed by atoms with Gasteiger partial charge in [0.2, 0.25) is 0 Å². The van der Waals surface area contributed by atoms with Gasteiger partial charge in [-0.15, -0.1) is 6.42 Å². The molecule has 1 aliphatic rings. The normalized spacial score (nSPS) is 14.2. The lowest BCUT2D eigenvalue weighted by atomic mass is 9.92. The monoisotopic (exact) mass is 688 g/mol. The Hall–Kier alpha value is -4.79. The van der Waals surface area contributed by atoms with Crippen molar-refractivity contribution in [2.75, 3.05) is 34.5 Å². The van der Waals surface area contributed by atoms with Crippen LogP contribution in [0.25, 0.3) is 11.8 Å². The molecule has 230 valence electrons. The summed E-state index contributed by atoms with van der Waals surface area (Å²) >= 11 is 4.73. The van der Waals surface area contributed by atoms with Gasteiger partial charge in [0.05, 0.1) is 48.2 Å². The number of carbonyl (C=O) groups excluding carboxylic acids is 1. The second kappa shape index (κ2) is 13.9. The van der Waals surface area contributed by atoms with Gasteiger partial charge in [0.15, 0.2) is 16.3 Å². The van der Waals surface area contributed by atoms with E-state index in [2.05, 4.69) is 21.9 Å². The van der Waals surface area contributed by atoms with Gasteiger partial charge in [0, 0.05) is 17.2 Å². The number of nitrogens with zero attached hydrogens (tertiary/aromatic N) is 2. The Labute approximate surface area is 272 Å². The molecule has 2 heterocycles. The topological polar surface area (TPSA) is 97.6 Å². The summed E-state index contributed by atoms with van der Waals surface area (Å²) in [5.74, 6) is 3.73. The zero-order valence-corrected chi connectivity index (χ0v) is 27.4. The van der Waals surface area contributed by atoms with Gasteiger partial charge in [-0.05, 0) is 58.8 Å². The summed E-state index contributed by atoms with van der Waals surface area (Å²) in [7, 11) is 4.60. The minimum atomic E-state index is -0.917. The molecule has 0 saturated carbocycles. The summed E-state index contributed by atoms with van der Waals surface area (Å²) in [6, 6.07) is 17.2. The number of terminal acetylenes is 1. The lowest BCUT2D eigenvalue weighted by Gasteiger charge is -2.27. The van der Waals surface area contributed by atoms with Crippen molar-refractivity contribution >= 4 is 45.0 Å². The van der Waals surface area contributed by atoms with Crippen LogP contribution in [0.2, 0.25) is 0 Å². The largest absolute Gasteiger partial charge is 0.497 e. The Morgan fingerprint density at radius 2 is 1.82 bits per heavy atom. The van der Waals surface area contributed by atoms with E-state index in [-0.39, 0.29) is 24.3 Å². The molecule has 3 aromatic carbocycles. The quantitative estimate of drug-likeness (QED) is 0.176. The van der Waals surface area contributed by atoms with Gasteiger partial charge in [0.25, 0.3) is 5.56 Å². The maximum Gasteiger partial charge on any atom is 0.338 e. The number of fused-ring (bicyclic) bond motifs is 1. The highest BCUT2D eigenvalue weighted by atomic mass is 79.9. The van der Waals surface area contributed by atoms with Crippen LogP contribution in [0.5, 0.6) is 23.0 Å². The van der Waals surface area contributed by atoms with E-state index in [0.29, 0.717) is 59.2 Å². The summed E-state index contributed by atoms with van der Waals surface area (Å²) in [6.07, 6.45) is 7.10. The molecule has 4 aromatic rings. The lowest BCUT2D eigenvalue weighted by Crippen LogP contribution is -2.40. The number of aromatic nitrogens is 1. The lowest BCUT2D eigenvalue weighted by molar-refractivity contribution is -0.138. The Bertz CT molecular complexity index is 2010. The number of halogens is 1. The van der Waals surface area contributed by atoms with Crippen molar-refractivity contribution < 1.29 is 28.5 Å². The van der Waals surface area contributed by atoms with Crippen molar-refractivity contribution in [3.8, 4) is 35.3 Å². The van der Waals surface area contributed by atoms with E-state index in [1.54, 1.807) is 50.4 Å². The van der Waals surface area contributed by atoms with Crippen LogP contribution in [0.1, 0.15) is 29.7 Å². The molecule has 1 aromatic heterocycles. The van der Waals surface area contributed by atoms with E-state index < -0.39 is 12.0 Å². The van der Waals surface area contributed by atoms with Gasteiger partial charge < -0.3 is 23.7 Å². The standard InChI is InChI=1S/C34H29BrN2O7S/c1-6-15-44-31-24(35)16-20(17-26(31)42-5)18-27-32(38)37-30(23-14-13-22(40-3)19-25(23)41-4)28(33(39)43-7-2)29(36-34(37)45-27)21-11-9-8-10-12-21/h1,8-14,16-19,30H,7,15H2,2-5H3/b27-18-/t30-/m1/s1. The van der Waals surface area contributed by atoms with Crippen LogP contribution < -0.4 is 33.8 Å². The fourth-order valence-electron chi connectivity index (χ4n) is 5.01. The van der Waals surface area contributed by atoms with E-state index in [0.717, 1.165) is 0 Å². The molecule has 1 atom stereocenters. The summed E-state index contributed by atoms with van der Waals surface area (Å²) in [4.78, 5) is 33.3. The predicted molar refractivity (Wildman–Crippen MR) is 176 cm³/mol. The van der Waals surface area contributed by atoms with Gasteiger partial charge in [-0.2, -0.15) is 0 Å². The van der Waals surface area contributed by atoms with Gasteiger partial charge in [-0.25, -0.2) is 9.79 Å². The minimum absolute atomic E-state index is 0.0638. The van der Waals surface area contributed by atoms with Crippen LogP contribution in [0.3, 0.4) is 0 Å². The second-order valence-electron chi connectivity index (χ2n) is 9.57. The highest BCUT2D eigenvalue weighted by Crippen LogP contribution is 2.40. The molecule has 1 aliphatic heterocycles. The van der Waals surface area contributed by atoms with Crippen molar-refractivity contribution in [2.24, 2.45) is 4.99 Å². The van der Waals surface area contributed by atoms with Crippen molar-refractivity contribution in [3.05, 3.63) is 107 Å². The molecule has 5 rings (SSSR count). The summed E-state index contributed by atoms with van der Waals surface area (Å²) < 4.78 is 30.4. The number of ether oxygens (including phenoxy) is 5. The molecule has 0 amide bonds. The molecule has 0 spiro atoms. The number of thiazole rings is 1. The second-order valence-corrected chi connectivity index (χ2v) is 11.4. The molecule has 0 unspecified atom stereocenters. The van der Waals surface area contributed by atoms with Crippen LogP contribution in [-0.2, 0) is 9.53 Å². The highest BCUT2D eigenvalue weighted by molar-refractivity contribution is 9.10. The maximum absolute atomic E-state index is 14.3. The number of methoxy groups -OCH3 is 3. The van der Waals surface area contributed by atoms with Gasteiger partial charge in [-0.1, -0.05) is 47.6 Å². The number of esters is 1. The third-order valence-electron chi connectivity index (χ3n) is 6.96. The molecule has 11 heteroatoms. The smallest absolute Gasteiger partial charge is 0.338 e. The van der Waals surface area contributed by atoms with Crippen molar-refractivity contribution in [1.29, 1.82) is 0 Å². The van der Waals surface area contributed by atoms with E-state index in [1.807, 2.05) is 30.3 Å². The first-order valence-electron chi connectivity index (χ1n) is 13.8. The number of rotatable bonds is 10. The third-order valence-corrected chi connectivity index (χ3v) is 8.53. The maximum atomic E-state index is 14.3. The first-order valence-corrected chi connectivity index (χ1v) is 15.4. The molecule has 9 nitrogen and oxygen atoms in total. The fraction of sp³-hybridized carbons (Fsp3) is 0.206. The molecule has 0 N–H and O–H groups in total. The third kappa shape index (κ3) is 6.25. The summed E-state index contributed by atoms with van der Waals surface area (Å²) in [6.45, 7) is 1.93. The average molecular weight is 690 g/mol. The van der Waals surface area contributed by atoms with E-state index in [9.17, 15) is 9.59 Å². The highest BCUT2D eigenvalue weighted by Gasteiger charge is 2.37. The van der Waals surface area contributed by atoms with Crippen LogP contribution in [0.4, 0.5) is 0 Å². The van der Waals surface area contributed by atoms with Crippen LogP contribution in [-0.4, -0.2) is 45.1 Å².